The molecule has 2 aliphatic rings. The lowest BCUT2D eigenvalue weighted by Crippen LogP contribution is -2.42. The van der Waals surface area contributed by atoms with Crippen LogP contribution in [0.25, 0.3) is 0 Å². The second-order valence-electron chi connectivity index (χ2n) is 6.87. The summed E-state index contributed by atoms with van der Waals surface area (Å²) in [5.41, 5.74) is 2.23. The van der Waals surface area contributed by atoms with E-state index in [2.05, 4.69) is 16.4 Å². The summed E-state index contributed by atoms with van der Waals surface area (Å²) in [5, 5.41) is 12.8. The van der Waals surface area contributed by atoms with Crippen LogP contribution in [0.3, 0.4) is 0 Å². The molecule has 0 spiro atoms. The second-order valence-corrected chi connectivity index (χ2v) is 6.87. The number of nitrogens with zero attached hydrogens (tertiary/aromatic N) is 1. The first-order valence-corrected chi connectivity index (χ1v) is 8.95. The third-order valence-corrected chi connectivity index (χ3v) is 5.01. The number of ether oxygens (including phenoxy) is 2. The number of hydrogen-bond donors (Lipinski definition) is 2. The van der Waals surface area contributed by atoms with Crippen molar-refractivity contribution in [3.05, 3.63) is 53.9 Å². The third kappa shape index (κ3) is 3.65. The van der Waals surface area contributed by atoms with Gasteiger partial charge in [0.05, 0.1) is 24.9 Å². The van der Waals surface area contributed by atoms with Gasteiger partial charge in [0.2, 0.25) is 0 Å². The zero-order valence-electron chi connectivity index (χ0n) is 14.4. The van der Waals surface area contributed by atoms with Gasteiger partial charge in [-0.1, -0.05) is 6.07 Å². The molecule has 2 N–H and O–H groups in total. The highest BCUT2D eigenvalue weighted by Crippen LogP contribution is 2.39. The first-order valence-electron chi connectivity index (χ1n) is 8.95. The monoisotopic (exact) mass is 354 g/mol. The summed E-state index contributed by atoms with van der Waals surface area (Å²) in [6, 6.07) is 9.48. The summed E-state index contributed by atoms with van der Waals surface area (Å²) in [6.45, 7) is 0.641. The van der Waals surface area contributed by atoms with Crippen molar-refractivity contribution >= 4 is 5.91 Å². The van der Waals surface area contributed by atoms with Gasteiger partial charge in [0.25, 0.3) is 5.91 Å². The standard InChI is InChI=1S/C20H22N2O4/c23-16-9-15(10-16)20(14-3-4-18-13(8-14)5-7-25-18)22-19(24)12-26-17-2-1-6-21-11-17/h1-4,6,8,11,15-16,20,23H,5,7,9-10,12H2,(H,22,24)/t15?,16?,20-/m1/s1. The maximum atomic E-state index is 12.4. The Bertz CT molecular complexity index is 775. The molecule has 1 fully saturated rings. The van der Waals surface area contributed by atoms with E-state index in [1.807, 2.05) is 12.1 Å². The Morgan fingerprint density at radius 1 is 1.38 bits per heavy atom. The van der Waals surface area contributed by atoms with Gasteiger partial charge in [0.15, 0.2) is 6.61 Å². The van der Waals surface area contributed by atoms with Crippen LogP contribution < -0.4 is 14.8 Å². The molecular formula is C20H22N2O4. The molecule has 1 saturated carbocycles. The minimum Gasteiger partial charge on any atom is -0.493 e. The highest BCUT2D eigenvalue weighted by molar-refractivity contribution is 5.78. The number of carbonyl (C=O) groups excluding carboxylic acids is 1. The van der Waals surface area contributed by atoms with Crippen molar-refractivity contribution in [2.45, 2.75) is 31.4 Å². The fourth-order valence-electron chi connectivity index (χ4n) is 3.57. The van der Waals surface area contributed by atoms with E-state index >= 15 is 0 Å². The van der Waals surface area contributed by atoms with Gasteiger partial charge in [0.1, 0.15) is 11.5 Å². The van der Waals surface area contributed by atoms with Gasteiger partial charge in [-0.05, 0) is 54.2 Å². The van der Waals surface area contributed by atoms with Gasteiger partial charge in [-0.3, -0.25) is 9.78 Å². The molecule has 0 bridgehead atoms. The normalized spacial score (nSPS) is 21.9. The number of aromatic nitrogens is 1. The van der Waals surface area contributed by atoms with Crippen LogP contribution in [0.15, 0.2) is 42.7 Å². The molecule has 1 amide bonds. The van der Waals surface area contributed by atoms with Crippen molar-refractivity contribution in [2.75, 3.05) is 13.2 Å². The smallest absolute Gasteiger partial charge is 0.258 e. The van der Waals surface area contributed by atoms with E-state index in [1.54, 1.807) is 24.5 Å². The molecule has 2 aromatic rings. The van der Waals surface area contributed by atoms with Crippen LogP contribution in [0, 0.1) is 5.92 Å². The molecule has 136 valence electrons. The lowest BCUT2D eigenvalue weighted by molar-refractivity contribution is -0.125. The highest BCUT2D eigenvalue weighted by atomic mass is 16.5. The van der Waals surface area contributed by atoms with Gasteiger partial charge in [-0.25, -0.2) is 0 Å². The van der Waals surface area contributed by atoms with E-state index in [1.165, 1.54) is 5.56 Å². The summed E-state index contributed by atoms with van der Waals surface area (Å²) < 4.78 is 11.1. The van der Waals surface area contributed by atoms with Gasteiger partial charge in [0, 0.05) is 12.6 Å². The summed E-state index contributed by atoms with van der Waals surface area (Å²) in [4.78, 5) is 16.4. The van der Waals surface area contributed by atoms with Crippen LogP contribution in [-0.4, -0.2) is 35.3 Å². The first kappa shape index (κ1) is 16.8. The minimum absolute atomic E-state index is 0.0640. The minimum atomic E-state index is -0.274. The molecule has 1 aromatic heterocycles. The van der Waals surface area contributed by atoms with E-state index in [9.17, 15) is 9.90 Å². The fourth-order valence-corrected chi connectivity index (χ4v) is 3.57. The molecule has 0 unspecified atom stereocenters. The molecule has 0 radical (unpaired) electrons. The van der Waals surface area contributed by atoms with E-state index in [0.29, 0.717) is 25.2 Å². The van der Waals surface area contributed by atoms with Gasteiger partial charge >= 0.3 is 0 Å². The number of aliphatic hydroxyl groups excluding tert-OH is 1. The van der Waals surface area contributed by atoms with Crippen LogP contribution in [-0.2, 0) is 11.2 Å². The molecule has 1 aliphatic heterocycles. The summed E-state index contributed by atoms with van der Waals surface area (Å²) in [7, 11) is 0. The largest absolute Gasteiger partial charge is 0.493 e. The first-order chi connectivity index (χ1) is 12.7. The van der Waals surface area contributed by atoms with Gasteiger partial charge in [-0.15, -0.1) is 0 Å². The fraction of sp³-hybridized carbons (Fsp3) is 0.400. The number of rotatable bonds is 6. The highest BCUT2D eigenvalue weighted by Gasteiger charge is 2.36. The molecule has 6 heteroatoms. The quantitative estimate of drug-likeness (QED) is 0.830. The predicted octanol–water partition coefficient (Wildman–Crippen LogP) is 2.02. The zero-order valence-corrected chi connectivity index (χ0v) is 14.4. The molecular weight excluding hydrogens is 332 g/mol. The topological polar surface area (TPSA) is 80.7 Å². The average Bonchev–Trinajstić information content (AvgIpc) is 3.11. The van der Waals surface area contributed by atoms with E-state index in [-0.39, 0.29) is 30.6 Å². The van der Waals surface area contributed by atoms with Crippen molar-refractivity contribution in [3.8, 4) is 11.5 Å². The summed E-state index contributed by atoms with van der Waals surface area (Å²) in [5.74, 6) is 1.53. The Labute approximate surface area is 152 Å². The van der Waals surface area contributed by atoms with Crippen molar-refractivity contribution in [3.63, 3.8) is 0 Å². The number of amides is 1. The van der Waals surface area contributed by atoms with Crippen LogP contribution >= 0.6 is 0 Å². The lowest BCUT2D eigenvalue weighted by Gasteiger charge is -2.38. The van der Waals surface area contributed by atoms with Crippen LogP contribution in [0.4, 0.5) is 0 Å². The molecule has 1 atom stereocenters. The second kappa shape index (κ2) is 7.33. The third-order valence-electron chi connectivity index (χ3n) is 5.01. The van der Waals surface area contributed by atoms with E-state index in [0.717, 1.165) is 17.7 Å². The number of hydrogen-bond acceptors (Lipinski definition) is 5. The average molecular weight is 354 g/mol. The molecule has 1 aromatic carbocycles. The number of aliphatic hydroxyl groups is 1. The van der Waals surface area contributed by atoms with Gasteiger partial charge < -0.3 is 19.9 Å². The number of pyridine rings is 1. The van der Waals surface area contributed by atoms with Crippen LogP contribution in [0.2, 0.25) is 0 Å². The maximum Gasteiger partial charge on any atom is 0.258 e. The lowest BCUT2D eigenvalue weighted by atomic mass is 9.75. The number of benzene rings is 1. The SMILES string of the molecule is O=C(COc1cccnc1)N[C@H](c1ccc2c(c1)CCO2)C1CC(O)C1. The van der Waals surface area contributed by atoms with Crippen LogP contribution in [0.5, 0.6) is 11.5 Å². The van der Waals surface area contributed by atoms with Crippen molar-refractivity contribution in [1.29, 1.82) is 0 Å². The van der Waals surface area contributed by atoms with E-state index in [4.69, 9.17) is 9.47 Å². The molecule has 4 rings (SSSR count). The Hall–Kier alpha value is -2.60. The van der Waals surface area contributed by atoms with Crippen molar-refractivity contribution < 1.29 is 19.4 Å². The number of fused-ring (bicyclic) bond motifs is 1. The Morgan fingerprint density at radius 3 is 3.04 bits per heavy atom. The molecule has 2 heterocycles. The molecule has 26 heavy (non-hydrogen) atoms. The molecule has 6 nitrogen and oxygen atoms in total. The van der Waals surface area contributed by atoms with Gasteiger partial charge in [-0.2, -0.15) is 0 Å². The van der Waals surface area contributed by atoms with Crippen molar-refractivity contribution in [2.24, 2.45) is 5.92 Å². The molecule has 1 aliphatic carbocycles. The zero-order chi connectivity index (χ0) is 17.9. The number of nitrogens with one attached hydrogen (secondary N) is 1. The Kier molecular flexibility index (Phi) is 4.75. The number of carbonyl (C=O) groups is 1. The van der Waals surface area contributed by atoms with Crippen LogP contribution in [0.1, 0.15) is 30.0 Å². The molecule has 0 saturated heterocycles. The van der Waals surface area contributed by atoms with E-state index < -0.39 is 0 Å². The maximum absolute atomic E-state index is 12.4. The summed E-state index contributed by atoms with van der Waals surface area (Å²) in [6.07, 6.45) is 5.24. The van der Waals surface area contributed by atoms with Crippen molar-refractivity contribution in [1.82, 2.24) is 10.3 Å². The predicted molar refractivity (Wildman–Crippen MR) is 95.0 cm³/mol. The Morgan fingerprint density at radius 2 is 2.27 bits per heavy atom. The Balaban J connectivity index is 1.44. The summed E-state index contributed by atoms with van der Waals surface area (Å²) >= 11 is 0.